The van der Waals surface area contributed by atoms with Gasteiger partial charge in [0.1, 0.15) is 12.4 Å². The van der Waals surface area contributed by atoms with Crippen LogP contribution in [0.1, 0.15) is 16.7 Å². The summed E-state index contributed by atoms with van der Waals surface area (Å²) in [5.74, 6) is -1.41. The van der Waals surface area contributed by atoms with Gasteiger partial charge in [-0.1, -0.05) is 42.5 Å². The van der Waals surface area contributed by atoms with Crippen molar-refractivity contribution < 1.29 is 23.9 Å². The fourth-order valence-electron chi connectivity index (χ4n) is 2.09. The second-order valence-electron chi connectivity index (χ2n) is 5.32. The van der Waals surface area contributed by atoms with Crippen LogP contribution in [0.15, 0.2) is 54.6 Å². The van der Waals surface area contributed by atoms with Crippen LogP contribution in [-0.2, 0) is 22.3 Å². The third-order valence-corrected chi connectivity index (χ3v) is 4.54. The van der Waals surface area contributed by atoms with Crippen LogP contribution < -0.4 is 5.32 Å². The number of rotatable bonds is 6. The van der Waals surface area contributed by atoms with Crippen molar-refractivity contribution in [3.05, 3.63) is 71.3 Å². The molecule has 0 aliphatic rings. The van der Waals surface area contributed by atoms with Gasteiger partial charge in [-0.05, 0) is 23.3 Å². The quantitative estimate of drug-likeness (QED) is 0.681. The van der Waals surface area contributed by atoms with E-state index in [4.69, 9.17) is 10.00 Å². The average molecular weight is 360 g/mol. The minimum Gasteiger partial charge on any atom is -0.445 e. The van der Waals surface area contributed by atoms with Gasteiger partial charge in [0, 0.05) is 6.42 Å². The average Bonchev–Trinajstić information content (AvgIpc) is 2.60. The topological polar surface area (TPSA) is 120 Å². The molecule has 0 spiro atoms. The molecule has 0 radical (unpaired) electrons. The molecule has 1 unspecified atom stereocenters. The SMILES string of the molecule is N#Cc1ccc(CC(NC(=O)OCc2ccccc2)P(=O)(O)O)cc1. The molecule has 1 atom stereocenters. The third-order valence-electron chi connectivity index (χ3n) is 3.42. The molecule has 0 fully saturated rings. The summed E-state index contributed by atoms with van der Waals surface area (Å²) in [6, 6.07) is 17.1. The summed E-state index contributed by atoms with van der Waals surface area (Å²) >= 11 is 0. The van der Waals surface area contributed by atoms with Crippen molar-refractivity contribution in [2.75, 3.05) is 0 Å². The fourth-order valence-corrected chi connectivity index (χ4v) is 2.82. The molecule has 2 rings (SSSR count). The smallest absolute Gasteiger partial charge is 0.408 e. The summed E-state index contributed by atoms with van der Waals surface area (Å²) in [6.07, 6.45) is -0.998. The number of nitrogens with zero attached hydrogens (tertiary/aromatic N) is 1. The van der Waals surface area contributed by atoms with E-state index >= 15 is 0 Å². The van der Waals surface area contributed by atoms with Gasteiger partial charge in [0.05, 0.1) is 11.6 Å². The molecule has 8 heteroatoms. The highest BCUT2D eigenvalue weighted by molar-refractivity contribution is 7.52. The second kappa shape index (κ2) is 8.45. The molecule has 3 N–H and O–H groups in total. The highest BCUT2D eigenvalue weighted by atomic mass is 31.2. The first-order valence-corrected chi connectivity index (χ1v) is 9.08. The number of alkyl carbamates (subject to hydrolysis) is 1. The molecule has 0 saturated heterocycles. The predicted octanol–water partition coefficient (Wildman–Crippen LogP) is 2.53. The molecule has 1 amide bonds. The van der Waals surface area contributed by atoms with E-state index in [2.05, 4.69) is 5.32 Å². The van der Waals surface area contributed by atoms with Crippen LogP contribution in [-0.4, -0.2) is 21.7 Å². The molecule has 130 valence electrons. The lowest BCUT2D eigenvalue weighted by Crippen LogP contribution is -2.36. The van der Waals surface area contributed by atoms with E-state index in [1.165, 1.54) is 0 Å². The number of amides is 1. The maximum Gasteiger partial charge on any atom is 0.408 e. The molecule has 0 saturated carbocycles. The Labute approximate surface area is 145 Å². The molecule has 0 heterocycles. The highest BCUT2D eigenvalue weighted by Gasteiger charge is 2.31. The normalized spacial score (nSPS) is 12.0. The Balaban J connectivity index is 1.98. The molecule has 2 aromatic rings. The van der Waals surface area contributed by atoms with Gasteiger partial charge in [0.2, 0.25) is 0 Å². The molecule has 0 aromatic heterocycles. The molecule has 2 aromatic carbocycles. The monoisotopic (exact) mass is 360 g/mol. The summed E-state index contributed by atoms with van der Waals surface area (Å²) in [5.41, 5.74) is 1.78. The number of nitriles is 1. The van der Waals surface area contributed by atoms with Crippen molar-refractivity contribution in [2.45, 2.75) is 18.8 Å². The van der Waals surface area contributed by atoms with Crippen LogP contribution in [0.3, 0.4) is 0 Å². The zero-order valence-electron chi connectivity index (χ0n) is 13.2. The minimum atomic E-state index is -4.59. The largest absolute Gasteiger partial charge is 0.445 e. The molecular formula is C17H17N2O5P. The van der Waals surface area contributed by atoms with Crippen molar-refractivity contribution in [2.24, 2.45) is 0 Å². The Bertz CT molecular complexity index is 796. The third kappa shape index (κ3) is 6.05. The lowest BCUT2D eigenvalue weighted by molar-refractivity contribution is 0.137. The van der Waals surface area contributed by atoms with Crippen molar-refractivity contribution in [1.82, 2.24) is 5.32 Å². The number of hydrogen-bond donors (Lipinski definition) is 3. The highest BCUT2D eigenvalue weighted by Crippen LogP contribution is 2.41. The Morgan fingerprint density at radius 1 is 1.12 bits per heavy atom. The molecular weight excluding hydrogens is 343 g/mol. The number of ether oxygens (including phenoxy) is 1. The van der Waals surface area contributed by atoms with Crippen LogP contribution in [0.5, 0.6) is 0 Å². The van der Waals surface area contributed by atoms with E-state index < -0.39 is 19.5 Å². The van der Waals surface area contributed by atoms with Gasteiger partial charge in [0.15, 0.2) is 0 Å². The Morgan fingerprint density at radius 3 is 2.32 bits per heavy atom. The molecule has 0 aliphatic heterocycles. The number of carbonyl (C=O) groups excluding carboxylic acids is 1. The van der Waals surface area contributed by atoms with Crippen LogP contribution in [0.2, 0.25) is 0 Å². The number of benzene rings is 2. The predicted molar refractivity (Wildman–Crippen MR) is 90.5 cm³/mol. The number of hydrogen-bond acceptors (Lipinski definition) is 4. The van der Waals surface area contributed by atoms with Gasteiger partial charge in [-0.15, -0.1) is 0 Å². The molecule has 0 bridgehead atoms. The van der Waals surface area contributed by atoms with E-state index in [1.54, 1.807) is 48.5 Å². The lowest BCUT2D eigenvalue weighted by Gasteiger charge is -2.20. The summed E-state index contributed by atoms with van der Waals surface area (Å²) in [4.78, 5) is 30.8. The lowest BCUT2D eigenvalue weighted by atomic mass is 10.1. The Kier molecular flexibility index (Phi) is 6.31. The first-order chi connectivity index (χ1) is 11.9. The summed E-state index contributed by atoms with van der Waals surface area (Å²) < 4.78 is 16.6. The Hall–Kier alpha value is -2.65. The summed E-state index contributed by atoms with van der Waals surface area (Å²) in [6.45, 7) is -0.00256. The van der Waals surface area contributed by atoms with Gasteiger partial charge in [-0.25, -0.2) is 4.79 Å². The van der Waals surface area contributed by atoms with E-state index in [0.29, 0.717) is 11.1 Å². The first kappa shape index (κ1) is 18.7. The van der Waals surface area contributed by atoms with Gasteiger partial charge < -0.3 is 19.8 Å². The van der Waals surface area contributed by atoms with E-state index in [-0.39, 0.29) is 13.0 Å². The molecule has 25 heavy (non-hydrogen) atoms. The van der Waals surface area contributed by atoms with Crippen LogP contribution in [0.4, 0.5) is 4.79 Å². The minimum absolute atomic E-state index is 0.00256. The van der Waals surface area contributed by atoms with Gasteiger partial charge in [0.25, 0.3) is 0 Å². The number of nitrogens with one attached hydrogen (secondary N) is 1. The fraction of sp³-hybridized carbons (Fsp3) is 0.176. The number of carbonyl (C=O) groups is 1. The second-order valence-corrected chi connectivity index (χ2v) is 7.13. The van der Waals surface area contributed by atoms with Crippen LogP contribution in [0.25, 0.3) is 0 Å². The molecule has 0 aliphatic carbocycles. The van der Waals surface area contributed by atoms with Crippen molar-refractivity contribution in [3.8, 4) is 6.07 Å². The van der Waals surface area contributed by atoms with Gasteiger partial charge >= 0.3 is 13.7 Å². The van der Waals surface area contributed by atoms with Crippen molar-refractivity contribution in [3.63, 3.8) is 0 Å². The summed E-state index contributed by atoms with van der Waals surface area (Å²) in [5, 5.41) is 11.0. The first-order valence-electron chi connectivity index (χ1n) is 7.40. The zero-order chi connectivity index (χ0) is 18.3. The zero-order valence-corrected chi connectivity index (χ0v) is 14.1. The van der Waals surface area contributed by atoms with Gasteiger partial charge in [-0.3, -0.25) is 4.57 Å². The maximum absolute atomic E-state index is 11.8. The standard InChI is InChI=1S/C17H17N2O5P/c18-11-14-8-6-13(7-9-14)10-16(25(21,22)23)19-17(20)24-12-15-4-2-1-3-5-15/h1-9,16H,10,12H2,(H,19,20)(H2,21,22,23). The van der Waals surface area contributed by atoms with E-state index in [9.17, 15) is 19.1 Å². The van der Waals surface area contributed by atoms with E-state index in [0.717, 1.165) is 5.56 Å². The maximum atomic E-state index is 11.8. The van der Waals surface area contributed by atoms with Gasteiger partial charge in [-0.2, -0.15) is 5.26 Å². The van der Waals surface area contributed by atoms with Crippen molar-refractivity contribution >= 4 is 13.7 Å². The van der Waals surface area contributed by atoms with E-state index in [1.807, 2.05) is 12.1 Å². The Morgan fingerprint density at radius 2 is 1.76 bits per heavy atom. The summed E-state index contributed by atoms with van der Waals surface area (Å²) in [7, 11) is -4.59. The van der Waals surface area contributed by atoms with Crippen LogP contribution in [0, 0.1) is 11.3 Å². The van der Waals surface area contributed by atoms with Crippen LogP contribution >= 0.6 is 7.60 Å². The van der Waals surface area contributed by atoms with Crippen molar-refractivity contribution in [1.29, 1.82) is 5.26 Å². The molecule has 7 nitrogen and oxygen atoms in total.